The molecule has 3 nitrogen and oxygen atoms in total. The van der Waals surface area contributed by atoms with Crippen LogP contribution in [-0.4, -0.2) is 12.2 Å². The Hall–Kier alpha value is -2.29. The van der Waals surface area contributed by atoms with Gasteiger partial charge in [-0.15, -0.1) is 0 Å². The lowest BCUT2D eigenvalue weighted by molar-refractivity contribution is 0.415. The Labute approximate surface area is 98.9 Å². The molecule has 0 saturated carbocycles. The SMILES string of the molecule is COc1ccc(-c2ccc(O)c(=O)cc2)cc1. The van der Waals surface area contributed by atoms with Gasteiger partial charge in [-0.05, 0) is 35.4 Å². The second kappa shape index (κ2) is 4.70. The van der Waals surface area contributed by atoms with E-state index >= 15 is 0 Å². The molecule has 0 aliphatic rings. The third-order valence-electron chi connectivity index (χ3n) is 2.51. The summed E-state index contributed by atoms with van der Waals surface area (Å²) in [4.78, 5) is 11.2. The van der Waals surface area contributed by atoms with Crippen LogP contribution in [0, 0.1) is 0 Å². The van der Waals surface area contributed by atoms with Gasteiger partial charge in [0.2, 0.25) is 5.43 Å². The smallest absolute Gasteiger partial charge is 0.220 e. The molecule has 2 aromatic rings. The molecule has 1 N–H and O–H groups in total. The van der Waals surface area contributed by atoms with Crippen LogP contribution < -0.4 is 10.2 Å². The van der Waals surface area contributed by atoms with E-state index in [9.17, 15) is 9.90 Å². The molecule has 2 aromatic carbocycles. The van der Waals surface area contributed by atoms with Crippen LogP contribution in [0.4, 0.5) is 0 Å². The first-order valence-corrected chi connectivity index (χ1v) is 5.18. The molecule has 0 fully saturated rings. The van der Waals surface area contributed by atoms with Gasteiger partial charge in [-0.2, -0.15) is 0 Å². The monoisotopic (exact) mass is 228 g/mol. The Bertz CT molecular complexity index is 574. The van der Waals surface area contributed by atoms with Crippen molar-refractivity contribution in [1.29, 1.82) is 0 Å². The van der Waals surface area contributed by atoms with Crippen LogP contribution in [0.5, 0.6) is 11.5 Å². The van der Waals surface area contributed by atoms with Crippen molar-refractivity contribution in [2.75, 3.05) is 7.11 Å². The van der Waals surface area contributed by atoms with Crippen molar-refractivity contribution >= 4 is 0 Å². The molecular formula is C14H12O3. The van der Waals surface area contributed by atoms with Crippen LogP contribution in [0.2, 0.25) is 0 Å². The molecule has 2 rings (SSSR count). The van der Waals surface area contributed by atoms with Gasteiger partial charge in [0.05, 0.1) is 7.11 Å². The fourth-order valence-electron chi connectivity index (χ4n) is 1.53. The van der Waals surface area contributed by atoms with Crippen LogP contribution in [0.15, 0.2) is 53.3 Å². The maximum Gasteiger partial charge on any atom is 0.220 e. The highest BCUT2D eigenvalue weighted by Crippen LogP contribution is 2.21. The van der Waals surface area contributed by atoms with Crippen LogP contribution >= 0.6 is 0 Å². The predicted octanol–water partition coefficient (Wildman–Crippen LogP) is 2.43. The van der Waals surface area contributed by atoms with E-state index in [0.717, 1.165) is 16.9 Å². The zero-order chi connectivity index (χ0) is 12.3. The van der Waals surface area contributed by atoms with Gasteiger partial charge < -0.3 is 9.84 Å². The average Bonchev–Trinajstić information content (AvgIpc) is 2.53. The highest BCUT2D eigenvalue weighted by Gasteiger charge is 1.98. The van der Waals surface area contributed by atoms with Crippen molar-refractivity contribution in [2.24, 2.45) is 0 Å². The molecule has 0 unspecified atom stereocenters. The second-order valence-electron chi connectivity index (χ2n) is 3.60. The first-order valence-electron chi connectivity index (χ1n) is 5.18. The van der Waals surface area contributed by atoms with Gasteiger partial charge in [0.15, 0.2) is 5.75 Å². The van der Waals surface area contributed by atoms with E-state index in [2.05, 4.69) is 0 Å². The quantitative estimate of drug-likeness (QED) is 0.858. The molecule has 0 radical (unpaired) electrons. The Kier molecular flexibility index (Phi) is 3.10. The van der Waals surface area contributed by atoms with Gasteiger partial charge in [0, 0.05) is 0 Å². The van der Waals surface area contributed by atoms with E-state index < -0.39 is 0 Å². The fraction of sp³-hybridized carbons (Fsp3) is 0.0714. The normalized spacial score (nSPS) is 9.94. The summed E-state index contributed by atoms with van der Waals surface area (Å²) in [6.45, 7) is 0. The van der Waals surface area contributed by atoms with E-state index in [1.807, 2.05) is 24.3 Å². The lowest BCUT2D eigenvalue weighted by Crippen LogP contribution is -1.91. The summed E-state index contributed by atoms with van der Waals surface area (Å²) in [5, 5.41) is 9.30. The number of methoxy groups -OCH3 is 1. The van der Waals surface area contributed by atoms with E-state index in [1.165, 1.54) is 12.1 Å². The van der Waals surface area contributed by atoms with Crippen LogP contribution in [0.25, 0.3) is 11.1 Å². The number of rotatable bonds is 2. The maximum absolute atomic E-state index is 11.2. The standard InChI is InChI=1S/C14H12O3/c1-17-12-6-2-10(3-7-12)11-4-8-13(15)14(16)9-5-11/h2-9H,1H3,(H,15,16). The summed E-state index contributed by atoms with van der Waals surface area (Å²) in [7, 11) is 1.61. The third-order valence-corrected chi connectivity index (χ3v) is 2.51. The summed E-state index contributed by atoms with van der Waals surface area (Å²) in [5.41, 5.74) is 1.44. The van der Waals surface area contributed by atoms with E-state index in [4.69, 9.17) is 4.74 Å². The summed E-state index contributed by atoms with van der Waals surface area (Å²) in [6, 6.07) is 13.6. The van der Waals surface area contributed by atoms with Crippen molar-refractivity contribution in [3.05, 3.63) is 58.8 Å². The zero-order valence-electron chi connectivity index (χ0n) is 9.38. The number of hydrogen-bond acceptors (Lipinski definition) is 3. The largest absolute Gasteiger partial charge is 0.504 e. The molecule has 0 aromatic heterocycles. The number of benzene rings is 1. The molecule has 86 valence electrons. The predicted molar refractivity (Wildman–Crippen MR) is 66.4 cm³/mol. The Morgan fingerprint density at radius 1 is 0.882 bits per heavy atom. The first-order chi connectivity index (χ1) is 8.20. The summed E-state index contributed by atoms with van der Waals surface area (Å²) < 4.78 is 5.07. The molecule has 0 saturated heterocycles. The van der Waals surface area contributed by atoms with Gasteiger partial charge in [0.25, 0.3) is 0 Å². The third kappa shape index (κ3) is 2.45. The van der Waals surface area contributed by atoms with Crippen molar-refractivity contribution in [2.45, 2.75) is 0 Å². The second-order valence-corrected chi connectivity index (χ2v) is 3.60. The van der Waals surface area contributed by atoms with E-state index in [-0.39, 0.29) is 11.2 Å². The molecule has 0 spiro atoms. The molecule has 0 atom stereocenters. The van der Waals surface area contributed by atoms with Crippen LogP contribution in [0.3, 0.4) is 0 Å². The minimum absolute atomic E-state index is 0.246. The Morgan fingerprint density at radius 3 is 2.00 bits per heavy atom. The molecular weight excluding hydrogens is 216 g/mol. The first kappa shape index (κ1) is 11.2. The zero-order valence-corrected chi connectivity index (χ0v) is 9.38. The molecule has 0 heterocycles. The number of ether oxygens (including phenoxy) is 1. The topological polar surface area (TPSA) is 46.5 Å². The lowest BCUT2D eigenvalue weighted by atomic mass is 10.1. The minimum atomic E-state index is -0.384. The molecule has 0 aliphatic heterocycles. The van der Waals surface area contributed by atoms with Gasteiger partial charge in [-0.3, -0.25) is 4.79 Å². The molecule has 0 amide bonds. The molecule has 3 heteroatoms. The highest BCUT2D eigenvalue weighted by atomic mass is 16.5. The number of hydrogen-bond donors (Lipinski definition) is 1. The summed E-state index contributed by atoms with van der Waals surface area (Å²) >= 11 is 0. The van der Waals surface area contributed by atoms with Crippen molar-refractivity contribution < 1.29 is 9.84 Å². The minimum Gasteiger partial charge on any atom is -0.504 e. The Morgan fingerprint density at radius 2 is 1.41 bits per heavy atom. The van der Waals surface area contributed by atoms with Crippen molar-refractivity contribution in [3.63, 3.8) is 0 Å². The number of aromatic hydroxyl groups is 1. The summed E-state index contributed by atoms with van der Waals surface area (Å²) in [6.07, 6.45) is 0. The van der Waals surface area contributed by atoms with Crippen molar-refractivity contribution in [3.8, 4) is 22.6 Å². The van der Waals surface area contributed by atoms with E-state index in [1.54, 1.807) is 19.2 Å². The fourth-order valence-corrected chi connectivity index (χ4v) is 1.53. The van der Waals surface area contributed by atoms with Gasteiger partial charge >= 0.3 is 0 Å². The van der Waals surface area contributed by atoms with Crippen molar-refractivity contribution in [1.82, 2.24) is 0 Å². The Balaban J connectivity index is 2.46. The molecule has 0 bridgehead atoms. The maximum atomic E-state index is 11.2. The average molecular weight is 228 g/mol. The van der Waals surface area contributed by atoms with Crippen LogP contribution in [-0.2, 0) is 0 Å². The lowest BCUT2D eigenvalue weighted by Gasteiger charge is -2.01. The molecule has 17 heavy (non-hydrogen) atoms. The van der Waals surface area contributed by atoms with Gasteiger partial charge in [0.1, 0.15) is 5.75 Å². The summed E-state index contributed by atoms with van der Waals surface area (Å²) in [5.74, 6) is 0.533. The van der Waals surface area contributed by atoms with E-state index in [0.29, 0.717) is 0 Å². The highest BCUT2D eigenvalue weighted by molar-refractivity contribution is 5.64. The van der Waals surface area contributed by atoms with Gasteiger partial charge in [-0.1, -0.05) is 24.3 Å². The molecule has 0 aliphatic carbocycles. The van der Waals surface area contributed by atoms with Crippen LogP contribution in [0.1, 0.15) is 0 Å². The van der Waals surface area contributed by atoms with Gasteiger partial charge in [-0.25, -0.2) is 0 Å².